The maximum absolute atomic E-state index is 14.0. The molecule has 4 aliphatic carbocycles. The van der Waals surface area contributed by atoms with E-state index in [0.29, 0.717) is 53.9 Å². The number of primary amides is 1. The third kappa shape index (κ3) is 8.42. The van der Waals surface area contributed by atoms with Crippen molar-refractivity contribution in [1.29, 1.82) is 0 Å². The number of fused-ring (bicyclic) bond motifs is 6. The first-order valence-corrected chi connectivity index (χ1v) is 23.1. The van der Waals surface area contributed by atoms with Gasteiger partial charge in [-0.15, -0.1) is 0 Å². The van der Waals surface area contributed by atoms with Gasteiger partial charge in [-0.3, -0.25) is 19.2 Å². The van der Waals surface area contributed by atoms with Crippen LogP contribution in [0, 0.1) is 17.3 Å². The molecule has 0 saturated heterocycles. The Kier molecular flexibility index (Phi) is 13.2. The zero-order valence-electron chi connectivity index (χ0n) is 42.2. The van der Waals surface area contributed by atoms with E-state index in [1.54, 1.807) is 44.1 Å². The number of amides is 1. The molecule has 1 amide bonds. The number of aromatic hydroxyl groups is 6. The van der Waals surface area contributed by atoms with E-state index >= 15 is 0 Å². The van der Waals surface area contributed by atoms with Crippen molar-refractivity contribution < 1.29 is 60.0 Å². The van der Waals surface area contributed by atoms with Gasteiger partial charge in [-0.25, -0.2) is 0 Å². The van der Waals surface area contributed by atoms with Crippen molar-refractivity contribution in [2.45, 2.75) is 59.9 Å². The number of allylic oxidation sites excluding steroid dienone is 2. The SMILES string of the molecule is CC(=O)c1c(O)c2c(c(N(C)C)c1O)C[C@@H]1Cc3c(N(C)C)cc(CNCC(C)(C)C)c(O)c3C(O)=C1C2=O.CN(C)c1ccc(O)c2c1C[C@H]1Cc3c(c(O)c(C(N)=O)c(O)c3N(C)C)C(O)=C1C2=O. The Morgan fingerprint density at radius 1 is 0.592 bits per heavy atom. The molecule has 0 heterocycles. The standard InChI is InChI=1S/C30H39N3O6.C23H25N3O6/c1-14(34)20-26(36)23-18(24(29(20)39)33(7)8)10-15-9-17-19(32(5)6)11-16(12-31-13-30(2,3)4)25(35)22(17)27(37)21(15)28(23)38;1-25(2)12-5-6-13(27)15-10(12)7-9-8-11-16(20(29)14(9)19(15)28)21(30)17(23(24)32)22(31)18(11)26(3)4/h11,15,31,35-37,39H,9-10,12-13H2,1-8H3;5-6,9,27,29-31H,7-8H2,1-4H3,(H2,24,32)/t15-;9-/m00/s1. The molecule has 2 atom stereocenters. The van der Waals surface area contributed by atoms with Crippen LogP contribution in [0.15, 0.2) is 29.3 Å². The maximum atomic E-state index is 14.0. The summed E-state index contributed by atoms with van der Waals surface area (Å²) >= 11 is 0. The minimum atomic E-state index is -1.07. The van der Waals surface area contributed by atoms with E-state index in [2.05, 4.69) is 26.1 Å². The fourth-order valence-corrected chi connectivity index (χ4v) is 10.8. The first-order valence-electron chi connectivity index (χ1n) is 23.1. The fraction of sp³-hybridized carbons (Fsp3) is 0.396. The smallest absolute Gasteiger partial charge is 0.256 e. The highest BCUT2D eigenvalue weighted by atomic mass is 16.3. The number of phenols is 6. The third-order valence-electron chi connectivity index (χ3n) is 13.7. The highest BCUT2D eigenvalue weighted by Crippen LogP contribution is 2.55. The van der Waals surface area contributed by atoms with Crippen molar-refractivity contribution in [3.05, 3.63) is 90.5 Å². The minimum absolute atomic E-state index is 0.0357. The van der Waals surface area contributed by atoms with Gasteiger partial charge in [-0.1, -0.05) is 20.8 Å². The molecule has 18 nitrogen and oxygen atoms in total. The molecule has 0 aliphatic heterocycles. The van der Waals surface area contributed by atoms with Gasteiger partial charge in [0.25, 0.3) is 5.91 Å². The van der Waals surface area contributed by atoms with Crippen molar-refractivity contribution in [1.82, 2.24) is 5.32 Å². The second kappa shape index (κ2) is 18.3. The Labute approximate surface area is 412 Å². The second-order valence-corrected chi connectivity index (χ2v) is 20.8. The van der Waals surface area contributed by atoms with Gasteiger partial charge in [0, 0.05) is 97.6 Å². The van der Waals surface area contributed by atoms with E-state index in [9.17, 15) is 60.0 Å². The van der Waals surface area contributed by atoms with Gasteiger partial charge >= 0.3 is 0 Å². The lowest BCUT2D eigenvalue weighted by molar-refractivity contribution is 0.0985. The van der Waals surface area contributed by atoms with Crippen molar-refractivity contribution in [2.75, 3.05) is 82.5 Å². The first kappa shape index (κ1) is 51.3. The number of anilines is 4. The van der Waals surface area contributed by atoms with Crippen LogP contribution in [0.3, 0.4) is 0 Å². The normalized spacial score (nSPS) is 16.7. The van der Waals surface area contributed by atoms with Crippen molar-refractivity contribution in [3.8, 4) is 34.5 Å². The molecule has 0 aromatic heterocycles. The molecular formula is C53H64N6O12. The molecule has 0 saturated carbocycles. The van der Waals surface area contributed by atoms with E-state index in [0.717, 1.165) is 16.9 Å². The Bertz CT molecular complexity index is 3050. The summed E-state index contributed by atoms with van der Waals surface area (Å²) in [6.07, 6.45) is 1.18. The topological polar surface area (TPSA) is 281 Å². The largest absolute Gasteiger partial charge is 0.507 e. The van der Waals surface area contributed by atoms with Gasteiger partial charge in [0.1, 0.15) is 45.6 Å². The van der Waals surface area contributed by atoms with Crippen LogP contribution in [-0.4, -0.2) is 127 Å². The number of benzene rings is 4. The van der Waals surface area contributed by atoms with E-state index in [4.69, 9.17) is 5.73 Å². The predicted molar refractivity (Wildman–Crippen MR) is 272 cm³/mol. The van der Waals surface area contributed by atoms with Gasteiger partial charge < -0.3 is 71.5 Å². The quantitative estimate of drug-likeness (QED) is 0.0852. The molecular weight excluding hydrogens is 913 g/mol. The second-order valence-electron chi connectivity index (χ2n) is 20.8. The average molecular weight is 977 g/mol. The minimum Gasteiger partial charge on any atom is -0.507 e. The van der Waals surface area contributed by atoms with Crippen LogP contribution in [0.5, 0.6) is 34.5 Å². The molecule has 71 heavy (non-hydrogen) atoms. The zero-order valence-corrected chi connectivity index (χ0v) is 42.2. The summed E-state index contributed by atoms with van der Waals surface area (Å²) in [6.45, 7) is 8.61. The summed E-state index contributed by atoms with van der Waals surface area (Å²) in [5, 5.41) is 91.3. The third-order valence-corrected chi connectivity index (χ3v) is 13.7. The molecule has 378 valence electrons. The first-order chi connectivity index (χ1) is 33.0. The number of phenolic OH excluding ortho intramolecular Hbond substituents is 4. The molecule has 0 bridgehead atoms. The summed E-state index contributed by atoms with van der Waals surface area (Å²) in [5.41, 5.74) is 9.76. The molecule has 18 heteroatoms. The van der Waals surface area contributed by atoms with E-state index in [-0.39, 0.29) is 85.9 Å². The number of nitrogens with one attached hydrogen (secondary N) is 1. The number of nitrogens with two attached hydrogens (primary N) is 1. The van der Waals surface area contributed by atoms with Crippen LogP contribution in [0.1, 0.15) is 108 Å². The average Bonchev–Trinajstić information content (AvgIpc) is 3.23. The Hall–Kier alpha value is -7.60. The number of aliphatic hydroxyl groups excluding tert-OH is 2. The van der Waals surface area contributed by atoms with Crippen molar-refractivity contribution in [3.63, 3.8) is 0 Å². The van der Waals surface area contributed by atoms with E-state index in [1.807, 2.05) is 44.1 Å². The summed E-state index contributed by atoms with van der Waals surface area (Å²) in [7, 11) is 14.1. The number of hydrogen-bond acceptors (Lipinski definition) is 17. The van der Waals surface area contributed by atoms with Crippen LogP contribution < -0.4 is 30.7 Å². The summed E-state index contributed by atoms with van der Waals surface area (Å²) in [4.78, 5) is 58.6. The molecule has 4 aromatic rings. The van der Waals surface area contributed by atoms with Crippen molar-refractivity contribution in [2.24, 2.45) is 23.0 Å². The number of rotatable bonds is 9. The Morgan fingerprint density at radius 2 is 1.03 bits per heavy atom. The number of aliphatic hydroxyl groups is 2. The number of ketones is 3. The fourth-order valence-electron chi connectivity index (χ4n) is 10.8. The predicted octanol–water partition coefficient (Wildman–Crippen LogP) is 6.07. The van der Waals surface area contributed by atoms with Crippen LogP contribution in [-0.2, 0) is 32.2 Å². The summed E-state index contributed by atoms with van der Waals surface area (Å²) < 4.78 is 0. The van der Waals surface area contributed by atoms with Crippen LogP contribution in [0.2, 0.25) is 0 Å². The lowest BCUT2D eigenvalue weighted by Crippen LogP contribution is -2.32. The van der Waals surface area contributed by atoms with Gasteiger partial charge in [-0.2, -0.15) is 0 Å². The molecule has 8 rings (SSSR count). The zero-order chi connectivity index (χ0) is 52.8. The highest BCUT2D eigenvalue weighted by Gasteiger charge is 2.45. The van der Waals surface area contributed by atoms with Crippen LogP contribution in [0.25, 0.3) is 11.5 Å². The van der Waals surface area contributed by atoms with Crippen LogP contribution in [0.4, 0.5) is 22.7 Å². The molecule has 4 aromatic carbocycles. The van der Waals surface area contributed by atoms with Crippen LogP contribution >= 0.6 is 0 Å². The number of Topliss-reactive ketones (excluding diaryl/α,β-unsaturated/α-hetero) is 3. The van der Waals surface area contributed by atoms with E-state index < -0.39 is 63.7 Å². The molecule has 0 spiro atoms. The summed E-state index contributed by atoms with van der Waals surface area (Å²) in [6, 6.07) is 5.07. The molecule has 0 fully saturated rings. The van der Waals surface area contributed by atoms with Gasteiger partial charge in [0.2, 0.25) is 0 Å². The molecule has 0 unspecified atom stereocenters. The van der Waals surface area contributed by atoms with E-state index in [1.165, 1.54) is 13.0 Å². The monoisotopic (exact) mass is 976 g/mol. The van der Waals surface area contributed by atoms with Crippen molar-refractivity contribution >= 4 is 57.5 Å². The van der Waals surface area contributed by atoms with Gasteiger partial charge in [0.05, 0.1) is 33.6 Å². The Morgan fingerprint density at radius 3 is 1.49 bits per heavy atom. The van der Waals surface area contributed by atoms with Gasteiger partial charge in [-0.05, 0) is 90.3 Å². The number of hydrogen-bond donors (Lipinski definition) is 10. The number of carbonyl (C=O) groups is 4. The lowest BCUT2D eigenvalue weighted by atomic mass is 9.69. The number of nitrogens with zero attached hydrogens (tertiary/aromatic N) is 4. The summed E-state index contributed by atoms with van der Waals surface area (Å²) in [5.74, 6) is -6.93. The molecule has 0 radical (unpaired) electrons. The highest BCUT2D eigenvalue weighted by molar-refractivity contribution is 6.20. The maximum Gasteiger partial charge on any atom is 0.256 e. The lowest BCUT2D eigenvalue weighted by Gasteiger charge is -2.36. The number of carbonyl (C=O) groups excluding carboxylic acids is 4. The Balaban J connectivity index is 0.000000213. The molecule has 11 N–H and O–H groups in total. The molecule has 4 aliphatic rings. The van der Waals surface area contributed by atoms with Gasteiger partial charge in [0.15, 0.2) is 28.8 Å².